The van der Waals surface area contributed by atoms with Crippen molar-refractivity contribution in [2.75, 3.05) is 33.5 Å². The van der Waals surface area contributed by atoms with E-state index >= 15 is 0 Å². The van der Waals surface area contributed by atoms with Gasteiger partial charge < -0.3 is 22.8 Å². The van der Waals surface area contributed by atoms with Crippen LogP contribution in [-0.4, -0.2) is 65.5 Å². The highest BCUT2D eigenvalue weighted by atomic mass is 28.4. The summed E-state index contributed by atoms with van der Waals surface area (Å²) in [5, 5.41) is 1.14. The minimum Gasteiger partial charge on any atom is -0.448 e. The van der Waals surface area contributed by atoms with Crippen molar-refractivity contribution in [1.82, 2.24) is 5.06 Å². The van der Waals surface area contributed by atoms with Crippen molar-refractivity contribution < 1.29 is 32.4 Å². The number of nitrogens with zero attached hydrogens (tertiary/aromatic N) is 1. The van der Waals surface area contributed by atoms with Crippen molar-refractivity contribution in [1.29, 1.82) is 0 Å². The molecule has 9 heteroatoms. The number of ether oxygens (including phenoxy) is 2. The molecule has 0 heterocycles. The number of amides is 1. The maximum Gasteiger partial charge on any atom is 0.527 e. The molecule has 2 atom stereocenters. The quantitative estimate of drug-likeness (QED) is 0.281. The molecule has 8 nitrogen and oxygen atoms in total. The van der Waals surface area contributed by atoms with E-state index in [0.717, 1.165) is 5.06 Å². The Labute approximate surface area is 146 Å². The molecule has 0 aromatic rings. The molecule has 0 aliphatic rings. The normalized spacial score (nSPS) is 14.3. The molecule has 0 radical (unpaired) electrons. The van der Waals surface area contributed by atoms with E-state index < -0.39 is 26.9 Å². The first-order chi connectivity index (χ1) is 11.5. The number of hydrogen-bond acceptors (Lipinski definition) is 7. The van der Waals surface area contributed by atoms with E-state index in [1.807, 2.05) is 27.7 Å². The lowest BCUT2D eigenvalue weighted by molar-refractivity contribution is -0.258. The van der Waals surface area contributed by atoms with Gasteiger partial charge in [-0.15, -0.1) is 0 Å². The molecular weight excluding hydrogens is 334 g/mol. The van der Waals surface area contributed by atoms with Crippen LogP contribution in [0, 0.1) is 0 Å². The van der Waals surface area contributed by atoms with Crippen molar-refractivity contribution in [3.63, 3.8) is 0 Å². The van der Waals surface area contributed by atoms with Gasteiger partial charge in [0.1, 0.15) is 5.67 Å². The summed E-state index contributed by atoms with van der Waals surface area (Å²) in [6.45, 7) is 12.3. The third-order valence-corrected chi connectivity index (χ3v) is 6.69. The van der Waals surface area contributed by atoms with Crippen LogP contribution in [0.4, 0.5) is 4.79 Å². The van der Waals surface area contributed by atoms with E-state index in [4.69, 9.17) is 27.6 Å². The van der Waals surface area contributed by atoms with E-state index in [0.29, 0.717) is 26.2 Å². The Balaban J connectivity index is 5.74. The molecule has 24 heavy (non-hydrogen) atoms. The van der Waals surface area contributed by atoms with E-state index in [1.165, 1.54) is 7.11 Å². The molecule has 0 aliphatic carbocycles. The lowest BCUT2D eigenvalue weighted by Gasteiger charge is -2.39. The minimum atomic E-state index is -3.21. The molecule has 0 N–H and O–H groups in total. The van der Waals surface area contributed by atoms with Gasteiger partial charge in [0.05, 0.1) is 6.61 Å². The smallest absolute Gasteiger partial charge is 0.448 e. The van der Waals surface area contributed by atoms with Crippen LogP contribution in [0.25, 0.3) is 0 Å². The summed E-state index contributed by atoms with van der Waals surface area (Å²) in [4.78, 5) is 18.1. The number of hydrogen-bond donors (Lipinski definition) is 0. The summed E-state index contributed by atoms with van der Waals surface area (Å²) in [6, 6.07) is 0. The van der Waals surface area contributed by atoms with Gasteiger partial charge in [0.25, 0.3) is 0 Å². The molecule has 0 saturated heterocycles. The first-order valence-corrected chi connectivity index (χ1v) is 10.3. The lowest BCUT2D eigenvalue weighted by Crippen LogP contribution is -2.64. The van der Waals surface area contributed by atoms with Gasteiger partial charge in [-0.3, -0.25) is 0 Å². The summed E-state index contributed by atoms with van der Waals surface area (Å²) in [5.74, 6) is 0. The SMILES string of the molecule is CCOC(=O)N(OC(C)OC)C(CC)[Si](OCC)(OCC)OCC. The number of methoxy groups -OCH3 is 1. The van der Waals surface area contributed by atoms with Crippen LogP contribution < -0.4 is 0 Å². The molecule has 1 amide bonds. The summed E-state index contributed by atoms with van der Waals surface area (Å²) < 4.78 is 28.0. The standard InChI is InChI=1S/C15H33NO7Si/c1-8-14(24(20-10-3,21-11-4)22-12-5)16(15(17)19-9-2)23-13(6)18-7/h13-14H,8-12H2,1-7H3. The van der Waals surface area contributed by atoms with E-state index in [1.54, 1.807) is 13.8 Å². The monoisotopic (exact) mass is 367 g/mol. The van der Waals surface area contributed by atoms with Crippen LogP contribution in [0.5, 0.6) is 0 Å². The van der Waals surface area contributed by atoms with Gasteiger partial charge in [0.2, 0.25) is 0 Å². The number of hydroxylamine groups is 2. The third-order valence-electron chi connectivity index (χ3n) is 3.16. The molecule has 0 fully saturated rings. The first-order valence-electron chi connectivity index (χ1n) is 8.53. The van der Waals surface area contributed by atoms with Crippen molar-refractivity contribution in [2.24, 2.45) is 0 Å². The van der Waals surface area contributed by atoms with E-state index in [9.17, 15) is 4.79 Å². The third kappa shape index (κ3) is 6.65. The second kappa shape index (κ2) is 12.6. The van der Waals surface area contributed by atoms with Gasteiger partial charge >= 0.3 is 14.9 Å². The average Bonchev–Trinajstić information content (AvgIpc) is 2.55. The van der Waals surface area contributed by atoms with Gasteiger partial charge in [0, 0.05) is 26.9 Å². The highest BCUT2D eigenvalue weighted by Gasteiger charge is 2.54. The van der Waals surface area contributed by atoms with Crippen LogP contribution in [0.1, 0.15) is 48.0 Å². The Morgan fingerprint density at radius 1 is 0.958 bits per heavy atom. The van der Waals surface area contributed by atoms with Gasteiger partial charge in [-0.2, -0.15) is 5.06 Å². The zero-order valence-electron chi connectivity index (χ0n) is 16.0. The maximum atomic E-state index is 12.4. The number of rotatable bonds is 13. The Morgan fingerprint density at radius 3 is 1.79 bits per heavy atom. The first kappa shape index (κ1) is 23.3. The molecule has 144 valence electrons. The Morgan fingerprint density at radius 2 is 1.46 bits per heavy atom. The van der Waals surface area contributed by atoms with Crippen molar-refractivity contribution in [3.05, 3.63) is 0 Å². The van der Waals surface area contributed by atoms with Crippen molar-refractivity contribution >= 4 is 14.9 Å². The lowest BCUT2D eigenvalue weighted by atomic mass is 10.5. The Kier molecular flexibility index (Phi) is 12.2. The molecule has 0 aromatic carbocycles. The summed E-state index contributed by atoms with van der Waals surface area (Å²) in [6.07, 6.45) is -0.745. The molecule has 0 saturated carbocycles. The maximum absolute atomic E-state index is 12.4. The van der Waals surface area contributed by atoms with Crippen LogP contribution in [0.15, 0.2) is 0 Å². The van der Waals surface area contributed by atoms with Crippen LogP contribution in [-0.2, 0) is 27.6 Å². The predicted octanol–water partition coefficient (Wildman–Crippen LogP) is 2.74. The highest BCUT2D eigenvalue weighted by molar-refractivity contribution is 6.62. The van der Waals surface area contributed by atoms with E-state index in [-0.39, 0.29) is 6.61 Å². The summed E-state index contributed by atoms with van der Waals surface area (Å²) in [7, 11) is -1.72. The van der Waals surface area contributed by atoms with Gasteiger partial charge in [0.15, 0.2) is 6.29 Å². The largest absolute Gasteiger partial charge is 0.527 e. The van der Waals surface area contributed by atoms with Crippen LogP contribution in [0.3, 0.4) is 0 Å². The fourth-order valence-electron chi connectivity index (χ4n) is 2.21. The molecule has 2 unspecified atom stereocenters. The predicted molar refractivity (Wildman–Crippen MR) is 91.1 cm³/mol. The molecular formula is C15H33NO7Si. The summed E-state index contributed by atoms with van der Waals surface area (Å²) >= 11 is 0. The summed E-state index contributed by atoms with van der Waals surface area (Å²) in [5.41, 5.74) is -0.547. The second-order valence-corrected chi connectivity index (χ2v) is 7.50. The number of carbonyl (C=O) groups is 1. The molecule has 0 aliphatic heterocycles. The topological polar surface area (TPSA) is 75.7 Å². The molecule has 0 bridgehead atoms. The molecule has 0 spiro atoms. The van der Waals surface area contributed by atoms with Gasteiger partial charge in [-0.1, -0.05) is 6.92 Å². The molecule has 0 rings (SSSR count). The second-order valence-electron chi connectivity index (χ2n) is 4.76. The fraction of sp³-hybridized carbons (Fsp3) is 0.933. The van der Waals surface area contributed by atoms with Crippen molar-refractivity contribution in [2.45, 2.75) is 59.9 Å². The minimum absolute atomic E-state index is 0.225. The van der Waals surface area contributed by atoms with Crippen LogP contribution in [0.2, 0.25) is 0 Å². The van der Waals surface area contributed by atoms with E-state index in [2.05, 4.69) is 0 Å². The zero-order chi connectivity index (χ0) is 18.6. The Bertz CT molecular complexity index is 329. The zero-order valence-corrected chi connectivity index (χ0v) is 17.0. The molecule has 0 aromatic heterocycles. The van der Waals surface area contributed by atoms with Gasteiger partial charge in [-0.25, -0.2) is 9.63 Å². The van der Waals surface area contributed by atoms with Crippen molar-refractivity contribution in [3.8, 4) is 0 Å². The number of carbonyl (C=O) groups excluding carboxylic acids is 1. The Hall–Kier alpha value is -0.713. The van der Waals surface area contributed by atoms with Gasteiger partial charge in [-0.05, 0) is 41.0 Å². The van der Waals surface area contributed by atoms with Crippen LogP contribution >= 0.6 is 0 Å². The fourth-order valence-corrected chi connectivity index (χ4v) is 5.20. The average molecular weight is 368 g/mol. The highest BCUT2D eigenvalue weighted by Crippen LogP contribution is 2.25.